The molecule has 0 aliphatic carbocycles. The maximum atomic E-state index is 12.5. The van der Waals surface area contributed by atoms with Crippen molar-refractivity contribution in [2.75, 3.05) is 13.7 Å². The van der Waals surface area contributed by atoms with Crippen LogP contribution in [0.5, 0.6) is 11.5 Å². The molecule has 0 saturated carbocycles. The van der Waals surface area contributed by atoms with Crippen molar-refractivity contribution in [3.8, 4) is 23.8 Å². The molecule has 7 nitrogen and oxygen atoms in total. The summed E-state index contributed by atoms with van der Waals surface area (Å²) in [5, 5.41) is 4.41. The van der Waals surface area contributed by atoms with Gasteiger partial charge in [-0.15, -0.1) is 11.1 Å². The number of aromatic amines is 1. The molecule has 0 spiro atoms. The van der Waals surface area contributed by atoms with Gasteiger partial charge in [0.25, 0.3) is 5.56 Å². The van der Waals surface area contributed by atoms with E-state index in [1.165, 1.54) is 13.3 Å². The van der Waals surface area contributed by atoms with E-state index in [1.54, 1.807) is 36.4 Å². The molecule has 136 valence electrons. The van der Waals surface area contributed by atoms with Crippen LogP contribution in [0.3, 0.4) is 0 Å². The Kier molecular flexibility index (Phi) is 5.61. The Hall–Kier alpha value is -3.06. The zero-order valence-electron chi connectivity index (χ0n) is 14.2. The second-order valence-electron chi connectivity index (χ2n) is 5.36. The summed E-state index contributed by atoms with van der Waals surface area (Å²) in [6.07, 6.45) is 6.63. The number of benzene rings is 2. The summed E-state index contributed by atoms with van der Waals surface area (Å²) >= 11 is 2.08. The lowest BCUT2D eigenvalue weighted by Crippen LogP contribution is -2.32. The van der Waals surface area contributed by atoms with E-state index in [9.17, 15) is 9.59 Å². The van der Waals surface area contributed by atoms with E-state index in [2.05, 4.69) is 38.6 Å². The number of fused-ring (bicyclic) bond motifs is 1. The van der Waals surface area contributed by atoms with Crippen molar-refractivity contribution in [3.63, 3.8) is 0 Å². The van der Waals surface area contributed by atoms with E-state index in [0.717, 1.165) is 8.25 Å². The number of H-pyrrole nitrogens is 1. The highest BCUT2D eigenvalue weighted by molar-refractivity contribution is 14.1. The number of aromatic nitrogens is 2. The normalized spacial score (nSPS) is 10.9. The molecular weight excluding hydrogens is 461 g/mol. The second kappa shape index (κ2) is 8.09. The van der Waals surface area contributed by atoms with Crippen LogP contribution in [0.25, 0.3) is 10.9 Å². The van der Waals surface area contributed by atoms with Gasteiger partial charge in [-0.1, -0.05) is 18.1 Å². The summed E-state index contributed by atoms with van der Waals surface area (Å²) < 4.78 is 12.3. The molecule has 27 heavy (non-hydrogen) atoms. The Morgan fingerprint density at radius 3 is 2.85 bits per heavy atom. The molecule has 2 aromatic carbocycles. The summed E-state index contributed by atoms with van der Waals surface area (Å²) in [5.41, 5.74) is -0.0271. The zero-order chi connectivity index (χ0) is 19.4. The van der Waals surface area contributed by atoms with Gasteiger partial charge < -0.3 is 14.5 Å². The van der Waals surface area contributed by atoms with Gasteiger partial charge in [0.05, 0.1) is 27.8 Å². The lowest BCUT2D eigenvalue weighted by Gasteiger charge is -2.11. The maximum Gasteiger partial charge on any atom is 0.349 e. The van der Waals surface area contributed by atoms with Gasteiger partial charge in [0.1, 0.15) is 6.61 Å². The summed E-state index contributed by atoms with van der Waals surface area (Å²) in [5.74, 6) is 3.39. The van der Waals surface area contributed by atoms with Crippen molar-refractivity contribution < 1.29 is 9.47 Å². The number of hydrogen-bond acceptors (Lipinski definition) is 5. The number of para-hydroxylation sites is 1. The smallest absolute Gasteiger partial charge is 0.349 e. The monoisotopic (exact) mass is 475 g/mol. The minimum absolute atomic E-state index is 0.113. The van der Waals surface area contributed by atoms with Gasteiger partial charge >= 0.3 is 5.69 Å². The van der Waals surface area contributed by atoms with Gasteiger partial charge in [-0.25, -0.2) is 4.79 Å². The molecular formula is C19H14IN3O4. The van der Waals surface area contributed by atoms with Gasteiger partial charge in [0.15, 0.2) is 11.5 Å². The number of halogens is 1. The van der Waals surface area contributed by atoms with Crippen LogP contribution in [0.2, 0.25) is 0 Å². The summed E-state index contributed by atoms with van der Waals surface area (Å²) in [7, 11) is 1.51. The topological polar surface area (TPSA) is 85.7 Å². The molecule has 0 bridgehead atoms. The van der Waals surface area contributed by atoms with Crippen molar-refractivity contribution in [1.82, 2.24) is 9.66 Å². The zero-order valence-corrected chi connectivity index (χ0v) is 16.4. The molecule has 1 heterocycles. The molecule has 8 heteroatoms. The quantitative estimate of drug-likeness (QED) is 0.349. The number of methoxy groups -OCH3 is 1. The minimum atomic E-state index is -0.620. The average molecular weight is 475 g/mol. The fourth-order valence-electron chi connectivity index (χ4n) is 2.45. The van der Waals surface area contributed by atoms with Gasteiger partial charge in [-0.3, -0.25) is 4.79 Å². The fourth-order valence-corrected chi connectivity index (χ4v) is 3.23. The number of nitrogens with one attached hydrogen (secondary N) is 1. The van der Waals surface area contributed by atoms with E-state index in [4.69, 9.17) is 15.9 Å². The van der Waals surface area contributed by atoms with E-state index in [0.29, 0.717) is 28.0 Å². The molecule has 1 aromatic heterocycles. The number of ether oxygens (including phenoxy) is 2. The molecule has 0 aliphatic heterocycles. The van der Waals surface area contributed by atoms with Crippen LogP contribution in [0.4, 0.5) is 0 Å². The highest BCUT2D eigenvalue weighted by Gasteiger charge is 2.11. The predicted octanol–water partition coefficient (Wildman–Crippen LogP) is 2.20. The van der Waals surface area contributed by atoms with Gasteiger partial charge in [-0.05, 0) is 52.4 Å². The highest BCUT2D eigenvalue weighted by atomic mass is 127. The van der Waals surface area contributed by atoms with E-state index in [-0.39, 0.29) is 6.61 Å². The second-order valence-corrected chi connectivity index (χ2v) is 6.53. The first-order valence-electron chi connectivity index (χ1n) is 7.77. The van der Waals surface area contributed by atoms with Crippen molar-refractivity contribution in [2.24, 2.45) is 5.10 Å². The standard InChI is InChI=1S/C19H14IN3O4/c1-3-8-27-17-14(20)9-12(10-16(17)26-2)11-21-23-18(24)13-6-4-5-7-15(13)22-19(23)25/h1,4-7,9-11H,8H2,2H3,(H,22,25). The Labute approximate surface area is 167 Å². The Bertz CT molecular complexity index is 1190. The SMILES string of the molecule is C#CCOc1c(I)cc(C=Nn2c(=O)[nH]c3ccccc3c2=O)cc1OC. The van der Waals surface area contributed by atoms with Crippen molar-refractivity contribution >= 4 is 39.7 Å². The number of rotatable bonds is 5. The molecule has 0 aliphatic rings. The Balaban J connectivity index is 2.03. The van der Waals surface area contributed by atoms with Crippen LogP contribution in [-0.4, -0.2) is 29.6 Å². The highest BCUT2D eigenvalue weighted by Crippen LogP contribution is 2.33. The molecule has 0 unspecified atom stereocenters. The summed E-state index contributed by atoms with van der Waals surface area (Å²) in [4.78, 5) is 27.3. The first-order valence-corrected chi connectivity index (χ1v) is 8.85. The van der Waals surface area contributed by atoms with Gasteiger partial charge in [-0.2, -0.15) is 5.10 Å². The Morgan fingerprint density at radius 1 is 1.33 bits per heavy atom. The molecule has 0 fully saturated rings. The van der Waals surface area contributed by atoms with Crippen molar-refractivity contribution in [2.45, 2.75) is 0 Å². The molecule has 3 rings (SSSR count). The average Bonchev–Trinajstić information content (AvgIpc) is 2.66. The van der Waals surface area contributed by atoms with Crippen molar-refractivity contribution in [1.29, 1.82) is 0 Å². The van der Waals surface area contributed by atoms with Gasteiger partial charge in [0, 0.05) is 0 Å². The van der Waals surface area contributed by atoms with Crippen LogP contribution >= 0.6 is 22.6 Å². The molecule has 0 saturated heterocycles. The third kappa shape index (κ3) is 3.88. The van der Waals surface area contributed by atoms with E-state index >= 15 is 0 Å². The maximum absolute atomic E-state index is 12.5. The third-order valence-electron chi connectivity index (χ3n) is 3.66. The number of hydrogen-bond donors (Lipinski definition) is 1. The molecule has 0 radical (unpaired) electrons. The lowest BCUT2D eigenvalue weighted by molar-refractivity contribution is 0.328. The molecule has 0 amide bonds. The Morgan fingerprint density at radius 2 is 2.11 bits per heavy atom. The van der Waals surface area contributed by atoms with Gasteiger partial charge in [0.2, 0.25) is 0 Å². The first-order chi connectivity index (χ1) is 13.0. The molecule has 0 atom stereocenters. The third-order valence-corrected chi connectivity index (χ3v) is 4.46. The van der Waals surface area contributed by atoms with Crippen molar-refractivity contribution in [3.05, 3.63) is 66.4 Å². The summed E-state index contributed by atoms with van der Waals surface area (Å²) in [6.45, 7) is 0.113. The number of nitrogens with zero attached hydrogens (tertiary/aromatic N) is 2. The number of terminal acetylenes is 1. The predicted molar refractivity (Wildman–Crippen MR) is 112 cm³/mol. The molecule has 1 N–H and O–H groups in total. The first kappa shape index (κ1) is 18.7. The fraction of sp³-hybridized carbons (Fsp3) is 0.105. The lowest BCUT2D eigenvalue weighted by atomic mass is 10.2. The van der Waals surface area contributed by atoms with Crippen LogP contribution in [0, 0.1) is 15.9 Å². The van der Waals surface area contributed by atoms with Crippen LogP contribution < -0.4 is 20.7 Å². The minimum Gasteiger partial charge on any atom is -0.493 e. The largest absolute Gasteiger partial charge is 0.493 e. The van der Waals surface area contributed by atoms with E-state index in [1.807, 2.05) is 0 Å². The van der Waals surface area contributed by atoms with Crippen LogP contribution in [0.1, 0.15) is 5.56 Å². The summed E-state index contributed by atoms with van der Waals surface area (Å²) in [6, 6.07) is 10.2. The van der Waals surface area contributed by atoms with E-state index < -0.39 is 11.2 Å². The van der Waals surface area contributed by atoms with Crippen LogP contribution in [0.15, 0.2) is 51.1 Å². The van der Waals surface area contributed by atoms with Crippen LogP contribution in [-0.2, 0) is 0 Å². The molecule has 3 aromatic rings.